The number of fused-ring (bicyclic) bond motifs is 1. The number of halogens is 3. The molecule has 0 aliphatic rings. The van der Waals surface area contributed by atoms with Crippen molar-refractivity contribution >= 4 is 22.6 Å². The monoisotopic (exact) mass is 243 g/mol. The number of nitrogens with two attached hydrogens (primary N) is 2. The number of benzene rings is 1. The number of hydrogen-bond donors (Lipinski definition) is 3. The molecule has 5 N–H and O–H groups in total. The van der Waals surface area contributed by atoms with Gasteiger partial charge in [-0.3, -0.25) is 4.79 Å². The molecule has 0 spiro atoms. The van der Waals surface area contributed by atoms with E-state index in [0.29, 0.717) is 0 Å². The lowest BCUT2D eigenvalue weighted by Gasteiger charge is -2.05. The van der Waals surface area contributed by atoms with E-state index in [1.165, 1.54) is 6.07 Å². The molecule has 7 heteroatoms. The molecule has 17 heavy (non-hydrogen) atoms. The normalized spacial score (nSPS) is 11.9. The van der Waals surface area contributed by atoms with Gasteiger partial charge in [0, 0.05) is 10.9 Å². The highest BCUT2D eigenvalue weighted by Gasteiger charge is 2.31. The van der Waals surface area contributed by atoms with Crippen LogP contribution in [0.2, 0.25) is 0 Å². The number of nitrogen functional groups attached to an aromatic ring is 1. The summed E-state index contributed by atoms with van der Waals surface area (Å²) in [6.07, 6.45) is -4.44. The van der Waals surface area contributed by atoms with Gasteiger partial charge in [0.2, 0.25) is 0 Å². The van der Waals surface area contributed by atoms with Crippen LogP contribution in [0.4, 0.5) is 19.0 Å². The molecule has 0 aliphatic heterocycles. The van der Waals surface area contributed by atoms with Gasteiger partial charge in [-0.2, -0.15) is 13.2 Å². The summed E-state index contributed by atoms with van der Waals surface area (Å²) in [7, 11) is 0. The van der Waals surface area contributed by atoms with Gasteiger partial charge < -0.3 is 16.5 Å². The quantitative estimate of drug-likeness (QED) is 0.714. The number of primary amides is 1. The molecular formula is C10H8F3N3O. The Hall–Kier alpha value is -2.18. The summed E-state index contributed by atoms with van der Waals surface area (Å²) in [5, 5.41) is 0.281. The van der Waals surface area contributed by atoms with Crippen molar-refractivity contribution in [2.24, 2.45) is 5.73 Å². The predicted molar refractivity (Wildman–Crippen MR) is 56.2 cm³/mol. The van der Waals surface area contributed by atoms with Gasteiger partial charge in [0.05, 0.1) is 11.1 Å². The zero-order valence-corrected chi connectivity index (χ0v) is 8.43. The highest BCUT2D eigenvalue weighted by atomic mass is 19.4. The maximum atomic E-state index is 12.4. The maximum absolute atomic E-state index is 12.4. The molecule has 0 unspecified atom stereocenters. The van der Waals surface area contributed by atoms with Crippen LogP contribution in [0.3, 0.4) is 0 Å². The van der Waals surface area contributed by atoms with E-state index in [4.69, 9.17) is 11.5 Å². The summed E-state index contributed by atoms with van der Waals surface area (Å²) in [6, 6.07) is 2.94. The van der Waals surface area contributed by atoms with Crippen LogP contribution in [-0.4, -0.2) is 10.9 Å². The fraction of sp³-hybridized carbons (Fsp3) is 0.100. The van der Waals surface area contributed by atoms with Gasteiger partial charge in [-0.05, 0) is 12.1 Å². The number of hydrogen-bond acceptors (Lipinski definition) is 2. The van der Waals surface area contributed by atoms with E-state index >= 15 is 0 Å². The first-order valence-corrected chi connectivity index (χ1v) is 4.59. The van der Waals surface area contributed by atoms with E-state index in [2.05, 4.69) is 4.98 Å². The molecule has 0 fully saturated rings. The molecule has 0 radical (unpaired) electrons. The molecule has 0 saturated carbocycles. The first-order chi connectivity index (χ1) is 7.80. The largest absolute Gasteiger partial charge is 0.416 e. The van der Waals surface area contributed by atoms with Crippen LogP contribution in [0, 0.1) is 0 Å². The van der Waals surface area contributed by atoms with Crippen molar-refractivity contribution in [3.8, 4) is 0 Å². The number of carbonyl (C=O) groups excluding carboxylic acids is 1. The van der Waals surface area contributed by atoms with Crippen LogP contribution in [0.5, 0.6) is 0 Å². The smallest absolute Gasteiger partial charge is 0.385 e. The molecule has 0 bridgehead atoms. The summed E-state index contributed by atoms with van der Waals surface area (Å²) in [5.41, 5.74) is 9.88. The molecule has 0 atom stereocenters. The highest BCUT2D eigenvalue weighted by Crippen LogP contribution is 2.33. The Bertz CT molecular complexity index is 601. The van der Waals surface area contributed by atoms with E-state index in [1.807, 2.05) is 0 Å². The average Bonchev–Trinajstić information content (AvgIpc) is 2.50. The van der Waals surface area contributed by atoms with Crippen molar-refractivity contribution in [3.63, 3.8) is 0 Å². The Morgan fingerprint density at radius 3 is 2.47 bits per heavy atom. The lowest BCUT2D eigenvalue weighted by Crippen LogP contribution is -2.12. The fourth-order valence-electron chi connectivity index (χ4n) is 1.66. The summed E-state index contributed by atoms with van der Waals surface area (Å²) in [6.45, 7) is 0. The number of nitrogens with one attached hydrogen (secondary N) is 1. The molecule has 1 aromatic heterocycles. The summed E-state index contributed by atoms with van der Waals surface area (Å²) >= 11 is 0. The molecule has 90 valence electrons. The number of H-pyrrole nitrogens is 1. The zero-order chi connectivity index (χ0) is 12.8. The van der Waals surface area contributed by atoms with Gasteiger partial charge in [-0.15, -0.1) is 0 Å². The van der Waals surface area contributed by atoms with E-state index in [9.17, 15) is 18.0 Å². The lowest BCUT2D eigenvalue weighted by atomic mass is 10.1. The second kappa shape index (κ2) is 3.41. The Balaban J connectivity index is 2.70. The molecular weight excluding hydrogens is 235 g/mol. The van der Waals surface area contributed by atoms with Crippen LogP contribution in [0.15, 0.2) is 18.2 Å². The van der Waals surface area contributed by atoms with E-state index < -0.39 is 17.6 Å². The van der Waals surface area contributed by atoms with Gasteiger partial charge in [-0.1, -0.05) is 6.07 Å². The molecule has 1 heterocycles. The van der Waals surface area contributed by atoms with Crippen molar-refractivity contribution in [1.82, 2.24) is 4.98 Å². The molecule has 0 aliphatic carbocycles. The van der Waals surface area contributed by atoms with Crippen LogP contribution >= 0.6 is 0 Å². The second-order valence-corrected chi connectivity index (χ2v) is 3.54. The second-order valence-electron chi connectivity index (χ2n) is 3.54. The molecule has 4 nitrogen and oxygen atoms in total. The Labute approximate surface area is 93.4 Å². The molecule has 1 amide bonds. The van der Waals surface area contributed by atoms with Crippen LogP contribution in [0.25, 0.3) is 10.9 Å². The summed E-state index contributed by atoms with van der Waals surface area (Å²) < 4.78 is 37.3. The fourth-order valence-corrected chi connectivity index (χ4v) is 1.66. The van der Waals surface area contributed by atoms with Crippen LogP contribution in [-0.2, 0) is 6.18 Å². The van der Waals surface area contributed by atoms with Crippen molar-refractivity contribution in [1.29, 1.82) is 0 Å². The minimum atomic E-state index is -4.44. The van der Waals surface area contributed by atoms with E-state index in [-0.39, 0.29) is 22.3 Å². The third-order valence-electron chi connectivity index (χ3n) is 2.40. The SMILES string of the molecule is NC(=O)c1c(N)[nH]c2cc(C(F)(F)F)ccc12. The number of alkyl halides is 3. The predicted octanol–water partition coefficient (Wildman–Crippen LogP) is 1.87. The van der Waals surface area contributed by atoms with E-state index in [0.717, 1.165) is 12.1 Å². The van der Waals surface area contributed by atoms with E-state index in [1.54, 1.807) is 0 Å². The van der Waals surface area contributed by atoms with Gasteiger partial charge in [-0.25, -0.2) is 0 Å². The first kappa shape index (κ1) is 11.3. The van der Waals surface area contributed by atoms with Crippen LogP contribution in [0.1, 0.15) is 15.9 Å². The number of rotatable bonds is 1. The summed E-state index contributed by atoms with van der Waals surface area (Å²) in [5.74, 6) is -0.819. The van der Waals surface area contributed by atoms with Crippen molar-refractivity contribution in [3.05, 3.63) is 29.3 Å². The number of anilines is 1. The van der Waals surface area contributed by atoms with Gasteiger partial charge in [0.15, 0.2) is 0 Å². The Morgan fingerprint density at radius 2 is 1.94 bits per heavy atom. The standard InChI is InChI=1S/C10H8F3N3O/c11-10(12,13)4-1-2-5-6(3-4)16-8(14)7(5)9(15)17/h1-3,16H,14H2,(H2,15,17). The average molecular weight is 243 g/mol. The summed E-state index contributed by atoms with van der Waals surface area (Å²) in [4.78, 5) is 13.6. The maximum Gasteiger partial charge on any atom is 0.416 e. The van der Waals surface area contributed by atoms with Crippen LogP contribution < -0.4 is 11.5 Å². The first-order valence-electron chi connectivity index (χ1n) is 4.59. The molecule has 2 aromatic rings. The number of aromatic nitrogens is 1. The number of aromatic amines is 1. The molecule has 0 saturated heterocycles. The third kappa shape index (κ3) is 1.79. The van der Waals surface area contributed by atoms with Crippen molar-refractivity contribution < 1.29 is 18.0 Å². The molecule has 1 aromatic carbocycles. The number of amides is 1. The van der Waals surface area contributed by atoms with Crippen molar-refractivity contribution in [2.45, 2.75) is 6.18 Å². The van der Waals surface area contributed by atoms with Gasteiger partial charge >= 0.3 is 6.18 Å². The highest BCUT2D eigenvalue weighted by molar-refractivity contribution is 6.10. The Kier molecular flexibility index (Phi) is 2.27. The Morgan fingerprint density at radius 1 is 1.29 bits per heavy atom. The minimum absolute atomic E-state index is 0.00808. The van der Waals surface area contributed by atoms with Gasteiger partial charge in [0.1, 0.15) is 5.82 Å². The number of carbonyl (C=O) groups is 1. The van der Waals surface area contributed by atoms with Crippen molar-refractivity contribution in [2.75, 3.05) is 5.73 Å². The topological polar surface area (TPSA) is 84.9 Å². The lowest BCUT2D eigenvalue weighted by molar-refractivity contribution is -0.137. The third-order valence-corrected chi connectivity index (χ3v) is 2.40. The zero-order valence-electron chi connectivity index (χ0n) is 8.43. The van der Waals surface area contributed by atoms with Gasteiger partial charge in [0.25, 0.3) is 5.91 Å². The molecule has 2 rings (SSSR count). The minimum Gasteiger partial charge on any atom is -0.385 e.